The molecule has 0 aliphatic heterocycles. The van der Waals surface area contributed by atoms with Gasteiger partial charge in [0.15, 0.2) is 0 Å². The lowest BCUT2D eigenvalue weighted by Gasteiger charge is -2.08. The molecule has 0 bridgehead atoms. The zero-order chi connectivity index (χ0) is 12.5. The maximum atomic E-state index is 4.32. The Morgan fingerprint density at radius 2 is 2.18 bits per heavy atom. The van der Waals surface area contributed by atoms with Crippen molar-refractivity contribution in [2.24, 2.45) is 5.92 Å². The zero-order valence-corrected chi connectivity index (χ0v) is 11.6. The minimum absolute atomic E-state index is 0.834. The molecule has 0 atom stereocenters. The highest BCUT2D eigenvalue weighted by atomic mass is 15.3. The number of rotatable bonds is 9. The number of nitrogens with zero attached hydrogens (tertiary/aromatic N) is 2. The molecule has 1 rings (SSSR count). The van der Waals surface area contributed by atoms with E-state index in [2.05, 4.69) is 41.9 Å². The van der Waals surface area contributed by atoms with Gasteiger partial charge in [-0.2, -0.15) is 5.10 Å². The van der Waals surface area contributed by atoms with Crippen molar-refractivity contribution in [2.45, 2.75) is 59.5 Å². The van der Waals surface area contributed by atoms with E-state index >= 15 is 0 Å². The summed E-state index contributed by atoms with van der Waals surface area (Å²) in [5.74, 6) is 0.834. The van der Waals surface area contributed by atoms with Gasteiger partial charge < -0.3 is 5.32 Å². The number of unbranched alkanes of at least 4 members (excludes halogenated alkanes) is 1. The predicted octanol–water partition coefficient (Wildman–Crippen LogP) is 3.21. The normalized spacial score (nSPS) is 11.3. The molecular weight excluding hydrogens is 210 g/mol. The molecule has 3 heteroatoms. The summed E-state index contributed by atoms with van der Waals surface area (Å²) in [7, 11) is 0. The molecule has 0 radical (unpaired) electrons. The molecule has 1 aromatic heterocycles. The number of aryl methyl sites for hydroxylation is 1. The molecule has 98 valence electrons. The summed E-state index contributed by atoms with van der Waals surface area (Å²) >= 11 is 0. The highest BCUT2D eigenvalue weighted by molar-refractivity contribution is 4.99. The molecule has 0 saturated heterocycles. The summed E-state index contributed by atoms with van der Waals surface area (Å²) in [6.45, 7) is 9.85. The van der Waals surface area contributed by atoms with Crippen molar-refractivity contribution in [3.8, 4) is 0 Å². The summed E-state index contributed by atoms with van der Waals surface area (Å²) in [6.07, 6.45) is 6.99. The molecule has 1 heterocycles. The van der Waals surface area contributed by atoms with Crippen LogP contribution >= 0.6 is 0 Å². The number of aromatic nitrogens is 2. The topological polar surface area (TPSA) is 29.9 Å². The average molecular weight is 237 g/mol. The fourth-order valence-corrected chi connectivity index (χ4v) is 1.94. The van der Waals surface area contributed by atoms with E-state index in [9.17, 15) is 0 Å². The van der Waals surface area contributed by atoms with Gasteiger partial charge in [-0.1, -0.05) is 33.6 Å². The van der Waals surface area contributed by atoms with Gasteiger partial charge in [-0.25, -0.2) is 0 Å². The smallest absolute Gasteiger partial charge is 0.0522 e. The molecule has 0 spiro atoms. The maximum absolute atomic E-state index is 4.32. The molecule has 3 nitrogen and oxygen atoms in total. The van der Waals surface area contributed by atoms with Crippen LogP contribution in [0, 0.1) is 5.92 Å². The Morgan fingerprint density at radius 1 is 1.35 bits per heavy atom. The van der Waals surface area contributed by atoms with Gasteiger partial charge in [-0.15, -0.1) is 0 Å². The van der Waals surface area contributed by atoms with Crippen molar-refractivity contribution < 1.29 is 0 Å². The first kappa shape index (κ1) is 14.2. The number of hydrogen-bond acceptors (Lipinski definition) is 2. The van der Waals surface area contributed by atoms with E-state index < -0.39 is 0 Å². The summed E-state index contributed by atoms with van der Waals surface area (Å²) in [6, 6.07) is 2.11. The molecule has 0 aromatic carbocycles. The molecule has 0 aliphatic carbocycles. The minimum atomic E-state index is 0.834. The van der Waals surface area contributed by atoms with Gasteiger partial charge in [0.05, 0.1) is 5.69 Å². The molecular formula is C14H27N3. The third-order valence-corrected chi connectivity index (χ3v) is 2.93. The molecule has 0 unspecified atom stereocenters. The number of nitrogens with one attached hydrogen (secondary N) is 1. The first-order valence-corrected chi connectivity index (χ1v) is 6.95. The summed E-state index contributed by atoms with van der Waals surface area (Å²) < 4.78 is 2.10. The average Bonchev–Trinajstić information content (AvgIpc) is 2.71. The van der Waals surface area contributed by atoms with Gasteiger partial charge in [0.2, 0.25) is 0 Å². The van der Waals surface area contributed by atoms with Crippen LogP contribution in [-0.2, 0) is 13.1 Å². The van der Waals surface area contributed by atoms with Crippen LogP contribution in [0.4, 0.5) is 0 Å². The van der Waals surface area contributed by atoms with E-state index in [0.717, 1.165) is 32.0 Å². The van der Waals surface area contributed by atoms with Crippen LogP contribution in [-0.4, -0.2) is 16.3 Å². The fourth-order valence-electron chi connectivity index (χ4n) is 1.94. The van der Waals surface area contributed by atoms with Crippen LogP contribution in [0.1, 0.15) is 52.1 Å². The molecule has 0 saturated carbocycles. The minimum Gasteiger partial charge on any atom is -0.311 e. The van der Waals surface area contributed by atoms with Gasteiger partial charge in [0.25, 0.3) is 0 Å². The maximum Gasteiger partial charge on any atom is 0.0522 e. The second-order valence-corrected chi connectivity index (χ2v) is 5.11. The molecule has 17 heavy (non-hydrogen) atoms. The van der Waals surface area contributed by atoms with Crippen LogP contribution < -0.4 is 5.32 Å². The monoisotopic (exact) mass is 237 g/mol. The van der Waals surface area contributed by atoms with E-state index in [0.29, 0.717) is 0 Å². The quantitative estimate of drug-likeness (QED) is 0.668. The predicted molar refractivity (Wildman–Crippen MR) is 72.9 cm³/mol. The molecule has 0 fully saturated rings. The van der Waals surface area contributed by atoms with Gasteiger partial charge in [-0.3, -0.25) is 4.68 Å². The van der Waals surface area contributed by atoms with Crippen LogP contribution in [0.3, 0.4) is 0 Å². The van der Waals surface area contributed by atoms with Crippen molar-refractivity contribution >= 4 is 0 Å². The van der Waals surface area contributed by atoms with Crippen LogP contribution in [0.2, 0.25) is 0 Å². The third-order valence-electron chi connectivity index (χ3n) is 2.93. The van der Waals surface area contributed by atoms with E-state index in [4.69, 9.17) is 0 Å². The van der Waals surface area contributed by atoms with Gasteiger partial charge in [-0.05, 0) is 31.4 Å². The largest absolute Gasteiger partial charge is 0.311 e. The van der Waals surface area contributed by atoms with Crippen molar-refractivity contribution in [1.82, 2.24) is 15.1 Å². The summed E-state index contributed by atoms with van der Waals surface area (Å²) in [5.41, 5.74) is 1.30. The zero-order valence-electron chi connectivity index (χ0n) is 11.6. The Balaban J connectivity index is 2.11. The van der Waals surface area contributed by atoms with Gasteiger partial charge >= 0.3 is 0 Å². The fraction of sp³-hybridized carbons (Fsp3) is 0.786. The Hall–Kier alpha value is -0.830. The van der Waals surface area contributed by atoms with Crippen LogP contribution in [0.5, 0.6) is 0 Å². The molecule has 0 aliphatic rings. The Kier molecular flexibility index (Phi) is 6.94. The highest BCUT2D eigenvalue weighted by Gasteiger charge is 2.00. The lowest BCUT2D eigenvalue weighted by Crippen LogP contribution is -2.18. The third kappa shape index (κ3) is 5.87. The van der Waals surface area contributed by atoms with Crippen molar-refractivity contribution in [3.05, 3.63) is 18.0 Å². The molecule has 0 amide bonds. The second-order valence-electron chi connectivity index (χ2n) is 5.11. The van der Waals surface area contributed by atoms with E-state index in [-0.39, 0.29) is 0 Å². The standard InChI is InChI=1S/C14H27N3/c1-4-11-17-14(8-10-16-17)12-15-9-6-5-7-13(2)3/h8,10,13,15H,4-7,9,11-12H2,1-3H3. The van der Waals surface area contributed by atoms with Crippen LogP contribution in [0.15, 0.2) is 12.3 Å². The van der Waals surface area contributed by atoms with Gasteiger partial charge in [0.1, 0.15) is 0 Å². The van der Waals surface area contributed by atoms with Crippen molar-refractivity contribution in [2.75, 3.05) is 6.54 Å². The Morgan fingerprint density at radius 3 is 2.88 bits per heavy atom. The lowest BCUT2D eigenvalue weighted by molar-refractivity contribution is 0.508. The Labute approximate surface area is 106 Å². The van der Waals surface area contributed by atoms with Crippen molar-refractivity contribution in [1.29, 1.82) is 0 Å². The molecule has 1 aromatic rings. The Bertz CT molecular complexity index is 291. The van der Waals surface area contributed by atoms with E-state index in [1.54, 1.807) is 0 Å². The lowest BCUT2D eigenvalue weighted by atomic mass is 10.1. The first-order valence-electron chi connectivity index (χ1n) is 6.95. The first-order chi connectivity index (χ1) is 8.24. The van der Waals surface area contributed by atoms with Gasteiger partial charge in [0, 0.05) is 19.3 Å². The van der Waals surface area contributed by atoms with E-state index in [1.165, 1.54) is 25.0 Å². The summed E-state index contributed by atoms with van der Waals surface area (Å²) in [4.78, 5) is 0. The second kappa shape index (κ2) is 8.29. The SMILES string of the molecule is CCCn1nccc1CNCCCCC(C)C. The van der Waals surface area contributed by atoms with E-state index in [1.807, 2.05) is 6.20 Å². The van der Waals surface area contributed by atoms with Crippen LogP contribution in [0.25, 0.3) is 0 Å². The molecule has 1 N–H and O–H groups in total. The van der Waals surface area contributed by atoms with Crippen molar-refractivity contribution in [3.63, 3.8) is 0 Å². The summed E-state index contributed by atoms with van der Waals surface area (Å²) in [5, 5.41) is 7.82. The number of hydrogen-bond donors (Lipinski definition) is 1. The highest BCUT2D eigenvalue weighted by Crippen LogP contribution is 2.05.